The normalized spacial score (nSPS) is 11.7. The van der Waals surface area contributed by atoms with E-state index in [0.717, 1.165) is 30.2 Å². The Hall–Kier alpha value is -3.87. The van der Waals surface area contributed by atoms with Crippen molar-refractivity contribution in [2.24, 2.45) is 0 Å². The largest absolute Gasteiger partial charge is 0.507 e. The van der Waals surface area contributed by atoms with Gasteiger partial charge in [-0.15, -0.1) is 0 Å². The fourth-order valence-corrected chi connectivity index (χ4v) is 4.00. The highest BCUT2D eigenvalue weighted by Gasteiger charge is 2.30. The molecular formula is C19H12F3N5O4S. The lowest BCUT2D eigenvalue weighted by Crippen LogP contribution is -2.29. The maximum absolute atomic E-state index is 13.0. The molecule has 1 aromatic carbocycles. The molecule has 0 unspecified atom stereocenters. The number of nitrogens with one attached hydrogen (secondary N) is 1. The second-order valence-electron chi connectivity index (χ2n) is 6.46. The molecule has 0 spiro atoms. The van der Waals surface area contributed by atoms with Gasteiger partial charge in [0.25, 0.3) is 5.91 Å². The number of hydrogen-bond acceptors (Lipinski definition) is 7. The standard InChI is InChI=1S/C19H12F3N5O4S/c20-19(21,22)9-1-2-10-11(5-9)23-4-3-13(10)32-14-6-12(28)16(17-25-8-26-27(14)17)18(31)24-7-15(29)30/h1-6,8,28H,7H2,(H,24,31)(H,29,30). The van der Waals surface area contributed by atoms with Crippen molar-refractivity contribution in [3.63, 3.8) is 0 Å². The molecule has 13 heteroatoms. The fourth-order valence-electron chi connectivity index (χ4n) is 2.97. The van der Waals surface area contributed by atoms with Crippen molar-refractivity contribution in [1.29, 1.82) is 0 Å². The van der Waals surface area contributed by atoms with Crippen LogP contribution in [0.1, 0.15) is 15.9 Å². The van der Waals surface area contributed by atoms with Crippen molar-refractivity contribution in [3.8, 4) is 5.75 Å². The average molecular weight is 463 g/mol. The van der Waals surface area contributed by atoms with Crippen molar-refractivity contribution < 1.29 is 33.0 Å². The Morgan fingerprint density at radius 2 is 1.94 bits per heavy atom. The number of halogens is 3. The van der Waals surface area contributed by atoms with Gasteiger partial charge >= 0.3 is 12.1 Å². The van der Waals surface area contributed by atoms with E-state index in [1.165, 1.54) is 22.8 Å². The van der Waals surface area contributed by atoms with Gasteiger partial charge in [-0.25, -0.2) is 9.50 Å². The number of benzene rings is 1. The molecule has 3 N–H and O–H groups in total. The van der Waals surface area contributed by atoms with E-state index in [2.05, 4.69) is 20.4 Å². The van der Waals surface area contributed by atoms with Crippen molar-refractivity contribution >= 4 is 40.2 Å². The molecule has 1 amide bonds. The Morgan fingerprint density at radius 1 is 1.16 bits per heavy atom. The highest BCUT2D eigenvalue weighted by Crippen LogP contribution is 2.38. The van der Waals surface area contributed by atoms with Crippen molar-refractivity contribution in [3.05, 3.63) is 54.0 Å². The lowest BCUT2D eigenvalue weighted by atomic mass is 10.1. The second kappa shape index (κ2) is 8.00. The highest BCUT2D eigenvalue weighted by molar-refractivity contribution is 7.99. The molecule has 0 fully saturated rings. The van der Waals surface area contributed by atoms with Crippen LogP contribution in [0.5, 0.6) is 5.75 Å². The van der Waals surface area contributed by atoms with Crippen LogP contribution in [-0.2, 0) is 11.0 Å². The molecule has 3 aromatic heterocycles. The number of rotatable bonds is 5. The van der Waals surface area contributed by atoms with Crippen LogP contribution in [-0.4, -0.2) is 48.2 Å². The number of hydrogen-bond donors (Lipinski definition) is 3. The molecule has 164 valence electrons. The van der Waals surface area contributed by atoms with E-state index in [1.807, 2.05) is 0 Å². The molecule has 0 aliphatic carbocycles. The zero-order valence-electron chi connectivity index (χ0n) is 15.8. The molecule has 0 aliphatic rings. The molecule has 0 atom stereocenters. The number of aromatic hydroxyl groups is 1. The summed E-state index contributed by atoms with van der Waals surface area (Å²) in [5.74, 6) is -2.58. The van der Waals surface area contributed by atoms with Crippen LogP contribution in [0, 0.1) is 0 Å². The van der Waals surface area contributed by atoms with Gasteiger partial charge in [0, 0.05) is 22.5 Å². The number of carboxylic acid groups (broad SMARTS) is 1. The number of alkyl halides is 3. The molecule has 4 rings (SSSR count). The SMILES string of the molecule is O=C(O)CNC(=O)c1c(O)cc(Sc2ccnc3cc(C(F)(F)F)ccc23)n2ncnc12. The maximum Gasteiger partial charge on any atom is 0.416 e. The smallest absolute Gasteiger partial charge is 0.416 e. The number of nitrogens with zero attached hydrogens (tertiary/aromatic N) is 4. The molecule has 0 bridgehead atoms. The van der Waals surface area contributed by atoms with Crippen LogP contribution in [0.15, 0.2) is 52.8 Å². The Kier molecular flexibility index (Phi) is 5.34. The summed E-state index contributed by atoms with van der Waals surface area (Å²) in [7, 11) is 0. The third-order valence-electron chi connectivity index (χ3n) is 4.37. The summed E-state index contributed by atoms with van der Waals surface area (Å²) in [6, 6.07) is 6.02. The molecule has 0 saturated carbocycles. The van der Waals surface area contributed by atoms with Crippen LogP contribution in [0.2, 0.25) is 0 Å². The minimum absolute atomic E-state index is 0.0203. The Bertz CT molecular complexity index is 1370. The third-order valence-corrected chi connectivity index (χ3v) is 5.44. The highest BCUT2D eigenvalue weighted by atomic mass is 32.2. The number of aromatic nitrogens is 4. The predicted molar refractivity (Wildman–Crippen MR) is 105 cm³/mol. The Labute approximate surface area is 180 Å². The fraction of sp³-hybridized carbons (Fsp3) is 0.105. The predicted octanol–water partition coefficient (Wildman–Crippen LogP) is 2.97. The van der Waals surface area contributed by atoms with Gasteiger partial charge in [-0.1, -0.05) is 17.8 Å². The maximum atomic E-state index is 13.0. The summed E-state index contributed by atoms with van der Waals surface area (Å²) in [5, 5.41) is 26.1. The second-order valence-corrected chi connectivity index (χ2v) is 7.52. The minimum Gasteiger partial charge on any atom is -0.507 e. The number of aliphatic carboxylic acids is 1. The van der Waals surface area contributed by atoms with Crippen LogP contribution in [0.3, 0.4) is 0 Å². The Balaban J connectivity index is 1.75. The van der Waals surface area contributed by atoms with Gasteiger partial charge in [-0.05, 0) is 18.2 Å². The first kappa shape index (κ1) is 21.4. The first-order valence-electron chi connectivity index (χ1n) is 8.84. The topological polar surface area (TPSA) is 130 Å². The molecule has 3 heterocycles. The summed E-state index contributed by atoms with van der Waals surface area (Å²) in [6.45, 7) is -0.655. The lowest BCUT2D eigenvalue weighted by Gasteiger charge is -2.12. The first-order valence-corrected chi connectivity index (χ1v) is 9.66. The summed E-state index contributed by atoms with van der Waals surface area (Å²) >= 11 is 1.07. The first-order chi connectivity index (χ1) is 15.1. The summed E-state index contributed by atoms with van der Waals surface area (Å²) in [5.41, 5.74) is -0.975. The van der Waals surface area contributed by atoms with Gasteiger partial charge in [-0.3, -0.25) is 14.6 Å². The van der Waals surface area contributed by atoms with E-state index in [4.69, 9.17) is 5.11 Å². The van der Waals surface area contributed by atoms with Gasteiger partial charge in [0.05, 0.1) is 11.1 Å². The van der Waals surface area contributed by atoms with E-state index in [0.29, 0.717) is 15.3 Å². The molecule has 0 radical (unpaired) electrons. The average Bonchev–Trinajstić information content (AvgIpc) is 3.21. The zero-order chi connectivity index (χ0) is 23.0. The van der Waals surface area contributed by atoms with E-state index in [-0.39, 0.29) is 16.7 Å². The van der Waals surface area contributed by atoms with Gasteiger partial charge in [0.1, 0.15) is 29.2 Å². The van der Waals surface area contributed by atoms with E-state index >= 15 is 0 Å². The minimum atomic E-state index is -4.51. The summed E-state index contributed by atoms with van der Waals surface area (Å²) in [6.07, 6.45) is -2.00. The van der Waals surface area contributed by atoms with E-state index < -0.39 is 35.9 Å². The van der Waals surface area contributed by atoms with Gasteiger partial charge in [-0.2, -0.15) is 18.3 Å². The van der Waals surface area contributed by atoms with Crippen molar-refractivity contribution in [2.75, 3.05) is 6.54 Å². The number of carboxylic acids is 1. The molecular weight excluding hydrogens is 451 g/mol. The zero-order valence-corrected chi connectivity index (χ0v) is 16.6. The summed E-state index contributed by atoms with van der Waals surface area (Å²) in [4.78, 5) is 31.5. The van der Waals surface area contributed by atoms with E-state index in [1.54, 1.807) is 6.07 Å². The van der Waals surface area contributed by atoms with Crippen LogP contribution in [0.25, 0.3) is 16.6 Å². The molecule has 4 aromatic rings. The molecule has 0 saturated heterocycles. The van der Waals surface area contributed by atoms with Crippen molar-refractivity contribution in [2.45, 2.75) is 16.1 Å². The van der Waals surface area contributed by atoms with Gasteiger partial charge < -0.3 is 15.5 Å². The number of amides is 1. The van der Waals surface area contributed by atoms with Gasteiger partial charge in [0.2, 0.25) is 0 Å². The Morgan fingerprint density at radius 3 is 2.66 bits per heavy atom. The quantitative estimate of drug-likeness (QED) is 0.412. The number of carbonyl (C=O) groups excluding carboxylic acids is 1. The van der Waals surface area contributed by atoms with Crippen LogP contribution in [0.4, 0.5) is 13.2 Å². The molecule has 0 aliphatic heterocycles. The van der Waals surface area contributed by atoms with Crippen molar-refractivity contribution in [1.82, 2.24) is 24.9 Å². The number of carbonyl (C=O) groups is 2. The lowest BCUT2D eigenvalue weighted by molar-refractivity contribution is -0.137. The third kappa shape index (κ3) is 4.01. The number of pyridine rings is 2. The van der Waals surface area contributed by atoms with Gasteiger partial charge in [0.15, 0.2) is 5.65 Å². The summed E-state index contributed by atoms with van der Waals surface area (Å²) < 4.78 is 40.3. The molecule has 9 nitrogen and oxygen atoms in total. The number of fused-ring (bicyclic) bond motifs is 2. The van der Waals surface area contributed by atoms with Crippen LogP contribution < -0.4 is 5.32 Å². The monoisotopic (exact) mass is 463 g/mol. The van der Waals surface area contributed by atoms with E-state index in [9.17, 15) is 27.9 Å². The van der Waals surface area contributed by atoms with Crippen LogP contribution >= 0.6 is 11.8 Å². The molecule has 32 heavy (non-hydrogen) atoms.